The monoisotopic (exact) mass is 288 g/mol. The number of urea groups is 1. The lowest BCUT2D eigenvalue weighted by Gasteiger charge is -2.09. The average Bonchev–Trinajstić information content (AvgIpc) is 2.43. The van der Waals surface area contributed by atoms with Crippen LogP contribution in [0.1, 0.15) is 12.5 Å². The topological polar surface area (TPSA) is 110 Å². The van der Waals surface area contributed by atoms with Crippen molar-refractivity contribution in [1.82, 2.24) is 15.8 Å². The van der Waals surface area contributed by atoms with Crippen molar-refractivity contribution in [2.45, 2.75) is 6.92 Å². The Balaban J connectivity index is 2.81. The van der Waals surface area contributed by atoms with E-state index < -0.39 is 11.9 Å². The highest BCUT2D eigenvalue weighted by atomic mass is 16.2. The Labute approximate surface area is 122 Å². The molecule has 0 saturated heterocycles. The van der Waals surface area contributed by atoms with Crippen LogP contribution in [0.5, 0.6) is 0 Å². The molecule has 110 valence electrons. The van der Waals surface area contributed by atoms with Crippen molar-refractivity contribution in [1.29, 1.82) is 5.26 Å². The molecule has 0 aromatic heterocycles. The Morgan fingerprint density at radius 3 is 2.62 bits per heavy atom. The number of rotatable bonds is 3. The minimum atomic E-state index is -0.612. The number of carbonyl (C=O) groups is 2. The van der Waals surface area contributed by atoms with Gasteiger partial charge in [-0.25, -0.2) is 15.2 Å². The molecule has 0 spiro atoms. The van der Waals surface area contributed by atoms with Gasteiger partial charge in [-0.15, -0.1) is 0 Å². The van der Waals surface area contributed by atoms with Crippen molar-refractivity contribution in [2.24, 2.45) is 4.99 Å². The largest absolute Gasteiger partial charge is 0.369 e. The fourth-order valence-corrected chi connectivity index (χ4v) is 1.30. The first-order chi connectivity index (χ1) is 9.92. The minimum absolute atomic E-state index is 0.324. The van der Waals surface area contributed by atoms with Gasteiger partial charge in [0.15, 0.2) is 0 Å². The van der Waals surface area contributed by atoms with Gasteiger partial charge < -0.3 is 10.2 Å². The van der Waals surface area contributed by atoms with Gasteiger partial charge in [-0.1, -0.05) is 0 Å². The summed E-state index contributed by atoms with van der Waals surface area (Å²) >= 11 is 0. The quantitative estimate of drug-likeness (QED) is 0.437. The van der Waals surface area contributed by atoms with Crippen molar-refractivity contribution < 1.29 is 9.59 Å². The van der Waals surface area contributed by atoms with Crippen LogP contribution in [0.15, 0.2) is 23.2 Å². The Morgan fingerprint density at radius 2 is 2.05 bits per heavy atom. The van der Waals surface area contributed by atoms with Gasteiger partial charge in [0.25, 0.3) is 0 Å². The van der Waals surface area contributed by atoms with Gasteiger partial charge in [0, 0.05) is 26.7 Å². The number of amides is 3. The van der Waals surface area contributed by atoms with Crippen LogP contribution in [0.4, 0.5) is 16.2 Å². The number of benzene rings is 1. The third kappa shape index (κ3) is 5.61. The predicted molar refractivity (Wildman–Crippen MR) is 79.0 cm³/mol. The summed E-state index contributed by atoms with van der Waals surface area (Å²) in [6, 6.07) is 6.12. The summed E-state index contributed by atoms with van der Waals surface area (Å²) in [6.45, 7) is 1.27. The van der Waals surface area contributed by atoms with Crippen molar-refractivity contribution in [3.05, 3.63) is 23.8 Å². The second-order valence-corrected chi connectivity index (χ2v) is 4.31. The van der Waals surface area contributed by atoms with Crippen LogP contribution in [0, 0.1) is 11.3 Å². The van der Waals surface area contributed by atoms with Gasteiger partial charge in [0.05, 0.1) is 17.6 Å². The smallest absolute Gasteiger partial charge is 0.337 e. The van der Waals surface area contributed by atoms with Crippen LogP contribution in [0.3, 0.4) is 0 Å². The number of hydrogen-bond donors (Lipinski definition) is 3. The van der Waals surface area contributed by atoms with Crippen molar-refractivity contribution >= 4 is 29.7 Å². The fraction of sp³-hybridized carbons (Fsp3) is 0.231. The fourth-order valence-electron chi connectivity index (χ4n) is 1.30. The van der Waals surface area contributed by atoms with E-state index in [4.69, 9.17) is 5.26 Å². The second kappa shape index (κ2) is 7.49. The molecule has 0 saturated carbocycles. The molecule has 0 aliphatic rings. The molecule has 8 nitrogen and oxygen atoms in total. The normalized spacial score (nSPS) is 9.81. The molecule has 0 atom stereocenters. The molecular formula is C13H16N6O2. The van der Waals surface area contributed by atoms with Gasteiger partial charge in [0.2, 0.25) is 5.91 Å². The molecule has 1 rings (SSSR count). The molecular weight excluding hydrogens is 272 g/mol. The highest BCUT2D eigenvalue weighted by molar-refractivity contribution is 5.91. The number of hydrazine groups is 1. The third-order valence-corrected chi connectivity index (χ3v) is 2.15. The van der Waals surface area contributed by atoms with Gasteiger partial charge in [-0.3, -0.25) is 10.2 Å². The molecule has 3 N–H and O–H groups in total. The highest BCUT2D eigenvalue weighted by Gasteiger charge is 2.06. The lowest BCUT2D eigenvalue weighted by molar-refractivity contribution is -0.119. The summed E-state index contributed by atoms with van der Waals surface area (Å²) in [5.41, 5.74) is 5.54. The summed E-state index contributed by atoms with van der Waals surface area (Å²) in [6.07, 6.45) is 1.58. The number of carbonyl (C=O) groups excluding carboxylic acids is 2. The third-order valence-electron chi connectivity index (χ3n) is 2.15. The van der Waals surface area contributed by atoms with Crippen LogP contribution in [0.25, 0.3) is 0 Å². The van der Waals surface area contributed by atoms with Crippen LogP contribution >= 0.6 is 0 Å². The Morgan fingerprint density at radius 1 is 1.33 bits per heavy atom. The van der Waals surface area contributed by atoms with Crippen molar-refractivity contribution in [2.75, 3.05) is 19.4 Å². The molecule has 0 radical (unpaired) electrons. The van der Waals surface area contributed by atoms with E-state index in [1.54, 1.807) is 23.4 Å². The Bertz CT molecular complexity index is 603. The molecule has 1 aromatic carbocycles. The summed E-state index contributed by atoms with van der Waals surface area (Å²) in [4.78, 5) is 28.0. The van der Waals surface area contributed by atoms with Gasteiger partial charge in [0.1, 0.15) is 6.07 Å². The number of nitrogens with one attached hydrogen (secondary N) is 3. The maximum absolute atomic E-state index is 11.5. The molecule has 0 heterocycles. The summed E-state index contributed by atoms with van der Waals surface area (Å²) in [5.74, 6) is -0.392. The standard InChI is InChI=1S/C13H16N6O2/c1-9(20)17-18-13(21)16-11-4-5-12(10(6-11)7-14)15-8-19(2)3/h4-6,8H,1-3H3,(H,17,20)(H2,16,18,21)/b15-8+. The molecule has 0 unspecified atom stereocenters. The van der Waals surface area contributed by atoms with Crippen LogP contribution in [0.2, 0.25) is 0 Å². The van der Waals surface area contributed by atoms with E-state index in [0.29, 0.717) is 16.9 Å². The maximum atomic E-state index is 11.5. The maximum Gasteiger partial charge on any atom is 0.337 e. The van der Waals surface area contributed by atoms with Crippen molar-refractivity contribution in [3.63, 3.8) is 0 Å². The van der Waals surface area contributed by atoms with Gasteiger partial charge >= 0.3 is 6.03 Å². The first kappa shape index (κ1) is 16.0. The zero-order chi connectivity index (χ0) is 15.8. The molecule has 21 heavy (non-hydrogen) atoms. The van der Waals surface area contributed by atoms with E-state index in [1.165, 1.54) is 13.0 Å². The average molecular weight is 288 g/mol. The summed E-state index contributed by atoms with van der Waals surface area (Å²) in [5, 5.41) is 11.6. The molecule has 1 aromatic rings. The molecule has 0 aliphatic carbocycles. The van der Waals surface area contributed by atoms with Gasteiger partial charge in [-0.2, -0.15) is 5.26 Å². The molecule has 0 fully saturated rings. The first-order valence-electron chi connectivity index (χ1n) is 6.00. The summed E-state index contributed by atoms with van der Waals surface area (Å²) in [7, 11) is 3.63. The molecule has 3 amide bonds. The minimum Gasteiger partial charge on any atom is -0.369 e. The molecule has 0 bridgehead atoms. The summed E-state index contributed by atoms with van der Waals surface area (Å²) < 4.78 is 0. The van der Waals surface area contributed by atoms with Crippen LogP contribution in [-0.4, -0.2) is 37.3 Å². The Hall–Kier alpha value is -3.08. The number of hydrogen-bond acceptors (Lipinski definition) is 4. The van der Waals surface area contributed by atoms with E-state index >= 15 is 0 Å². The van der Waals surface area contributed by atoms with Crippen molar-refractivity contribution in [3.8, 4) is 6.07 Å². The second-order valence-electron chi connectivity index (χ2n) is 4.31. The van der Waals surface area contributed by atoms with E-state index in [0.717, 1.165) is 0 Å². The lowest BCUT2D eigenvalue weighted by Crippen LogP contribution is -2.42. The SMILES string of the molecule is CC(=O)NNC(=O)Nc1ccc(/N=C/N(C)C)c(C#N)c1. The van der Waals surface area contributed by atoms with Crippen LogP contribution in [-0.2, 0) is 4.79 Å². The van der Waals surface area contributed by atoms with E-state index in [9.17, 15) is 9.59 Å². The number of anilines is 1. The van der Waals surface area contributed by atoms with E-state index in [1.807, 2.05) is 20.2 Å². The zero-order valence-electron chi connectivity index (χ0n) is 12.0. The number of nitrogens with zero attached hydrogens (tertiary/aromatic N) is 3. The van der Waals surface area contributed by atoms with E-state index in [2.05, 4.69) is 21.2 Å². The van der Waals surface area contributed by atoms with E-state index in [-0.39, 0.29) is 0 Å². The van der Waals surface area contributed by atoms with Gasteiger partial charge in [-0.05, 0) is 18.2 Å². The highest BCUT2D eigenvalue weighted by Crippen LogP contribution is 2.22. The van der Waals surface area contributed by atoms with Crippen LogP contribution < -0.4 is 16.2 Å². The first-order valence-corrected chi connectivity index (χ1v) is 6.00. The number of nitriles is 1. The predicted octanol–water partition coefficient (Wildman–Crippen LogP) is 0.952. The zero-order valence-corrected chi connectivity index (χ0v) is 12.0. The Kier molecular flexibility index (Phi) is 5.70. The molecule has 0 aliphatic heterocycles. The number of aliphatic imine (C=N–C) groups is 1. The molecule has 8 heteroatoms. The lowest BCUT2D eigenvalue weighted by atomic mass is 10.2.